The number of rotatable bonds is 5. The van der Waals surface area contributed by atoms with Gasteiger partial charge in [0, 0.05) is 55.7 Å². The maximum absolute atomic E-state index is 14.5. The Balaban J connectivity index is 1.12. The molecule has 0 unspecified atom stereocenters. The lowest BCUT2D eigenvalue weighted by Gasteiger charge is -2.41. The first-order valence-corrected chi connectivity index (χ1v) is 14.5. The van der Waals surface area contributed by atoms with Gasteiger partial charge in [0.1, 0.15) is 23.3 Å². The summed E-state index contributed by atoms with van der Waals surface area (Å²) >= 11 is 0. The molecule has 1 aliphatic carbocycles. The van der Waals surface area contributed by atoms with Crippen LogP contribution < -0.4 is 11.1 Å². The summed E-state index contributed by atoms with van der Waals surface area (Å²) < 4.78 is 16.8. The molecule has 4 N–H and O–H groups in total. The Morgan fingerprint density at radius 2 is 1.68 bits per heavy atom. The molecule has 2 aliphatic rings. The monoisotopic (exact) mass is 553 g/mol. The minimum absolute atomic E-state index is 0.276. The molecule has 1 saturated carbocycles. The summed E-state index contributed by atoms with van der Waals surface area (Å²) in [6.07, 6.45) is 8.45. The highest BCUT2D eigenvalue weighted by molar-refractivity contribution is 6.00. The van der Waals surface area contributed by atoms with Gasteiger partial charge in [-0.15, -0.1) is 0 Å². The summed E-state index contributed by atoms with van der Waals surface area (Å²) in [7, 11) is 2.21. The number of likely N-dealkylation sites (N-methyl/N-ethyl adjacent to an activating group) is 1. The predicted octanol–water partition coefficient (Wildman–Crippen LogP) is 5.48. The number of H-pyrrole nitrogens is 1. The molecule has 10 heteroatoms. The van der Waals surface area contributed by atoms with Crippen LogP contribution in [-0.4, -0.2) is 73.6 Å². The number of nitrogens with zero attached hydrogens (tertiary/aromatic N) is 6. The van der Waals surface area contributed by atoms with Crippen LogP contribution in [0.4, 0.5) is 21.8 Å². The van der Waals surface area contributed by atoms with E-state index < -0.39 is 0 Å². The Kier molecular flexibility index (Phi) is 6.59. The number of imidazole rings is 1. The minimum Gasteiger partial charge on any atom is -0.383 e. The molecule has 0 amide bonds. The molecule has 4 heterocycles. The number of fused-ring (bicyclic) bond motifs is 2. The maximum Gasteiger partial charge on any atom is 0.205 e. The van der Waals surface area contributed by atoms with Crippen LogP contribution in [0.3, 0.4) is 0 Å². The summed E-state index contributed by atoms with van der Waals surface area (Å²) in [6.45, 7) is 6.41. The predicted molar refractivity (Wildman–Crippen MR) is 162 cm³/mol. The lowest BCUT2D eigenvalue weighted by molar-refractivity contribution is 0.0828. The number of aryl methyl sites for hydroxylation is 1. The molecule has 0 atom stereocenters. The molecule has 1 aliphatic heterocycles. The third kappa shape index (κ3) is 4.81. The Labute approximate surface area is 238 Å². The second kappa shape index (κ2) is 10.4. The number of piperazine rings is 1. The Bertz CT molecular complexity index is 1690. The van der Waals surface area contributed by atoms with Crippen molar-refractivity contribution in [2.45, 2.75) is 44.7 Å². The van der Waals surface area contributed by atoms with Gasteiger partial charge in [-0.2, -0.15) is 0 Å². The number of nitrogens with two attached hydrogens (primary N) is 1. The van der Waals surface area contributed by atoms with Gasteiger partial charge in [0.2, 0.25) is 5.95 Å². The molecule has 0 bridgehead atoms. The van der Waals surface area contributed by atoms with Crippen molar-refractivity contribution in [1.82, 2.24) is 34.3 Å². The van der Waals surface area contributed by atoms with E-state index in [1.165, 1.54) is 25.9 Å². The molecule has 0 radical (unpaired) electrons. The minimum atomic E-state index is -0.276. The third-order valence-corrected chi connectivity index (χ3v) is 9.00. The van der Waals surface area contributed by atoms with Gasteiger partial charge in [-0.25, -0.2) is 19.3 Å². The van der Waals surface area contributed by atoms with E-state index in [1.54, 1.807) is 19.3 Å². The zero-order chi connectivity index (χ0) is 28.1. The number of aromatic amines is 1. The van der Waals surface area contributed by atoms with Crippen LogP contribution in [0, 0.1) is 12.7 Å². The van der Waals surface area contributed by atoms with Gasteiger partial charge in [0.15, 0.2) is 5.82 Å². The summed E-state index contributed by atoms with van der Waals surface area (Å²) in [5.74, 6) is 0.720. The Morgan fingerprint density at radius 3 is 2.44 bits per heavy atom. The standard InChI is InChI=1S/C31H36FN9/c1-19-3-12-25-28(27(19)32)38-31(37-25)36-21-6-4-20(5-7-21)24-17-41(30-26(24)29(33)34-18-35-30)23-10-8-22(9-11-23)40-15-13-39(2)14-16-40/h3-7,12,17-18,22-23H,8-11,13-16H2,1-2H3,(H2,33,34,35)(H2,36,37,38). The molecule has 9 nitrogen and oxygen atoms in total. The average Bonchev–Trinajstić information content (AvgIpc) is 3.59. The van der Waals surface area contributed by atoms with Crippen molar-refractivity contribution < 1.29 is 4.39 Å². The SMILES string of the molecule is Cc1ccc2nc(Nc3ccc(-c4cn(C5CCC(N6CCN(C)CC6)CC5)c5ncnc(N)c45)cc3)[nH]c2c1F. The fourth-order valence-electron chi connectivity index (χ4n) is 6.57. The molecule has 2 aromatic carbocycles. The van der Waals surface area contributed by atoms with Crippen LogP contribution in [0.15, 0.2) is 48.9 Å². The molecule has 212 valence electrons. The van der Waals surface area contributed by atoms with E-state index >= 15 is 0 Å². The van der Waals surface area contributed by atoms with E-state index in [-0.39, 0.29) is 5.82 Å². The molecule has 7 rings (SSSR count). The van der Waals surface area contributed by atoms with E-state index in [0.717, 1.165) is 53.8 Å². The topological polar surface area (TPSA) is 104 Å². The zero-order valence-electron chi connectivity index (χ0n) is 23.6. The molecular weight excluding hydrogens is 517 g/mol. The van der Waals surface area contributed by atoms with Crippen LogP contribution in [0.25, 0.3) is 33.2 Å². The Hall–Kier alpha value is -4.02. The number of nitrogens with one attached hydrogen (secondary N) is 2. The van der Waals surface area contributed by atoms with Crippen LogP contribution in [0.5, 0.6) is 0 Å². The van der Waals surface area contributed by atoms with Gasteiger partial charge < -0.3 is 25.5 Å². The third-order valence-electron chi connectivity index (χ3n) is 9.00. The van der Waals surface area contributed by atoms with Crippen molar-refractivity contribution in [3.8, 4) is 11.1 Å². The molecule has 3 aromatic heterocycles. The van der Waals surface area contributed by atoms with E-state index in [1.807, 2.05) is 18.2 Å². The summed E-state index contributed by atoms with van der Waals surface area (Å²) in [5.41, 5.74) is 11.8. The number of aromatic nitrogens is 5. The van der Waals surface area contributed by atoms with Gasteiger partial charge in [-0.1, -0.05) is 18.2 Å². The quantitative estimate of drug-likeness (QED) is 0.265. The smallest absolute Gasteiger partial charge is 0.205 e. The van der Waals surface area contributed by atoms with Gasteiger partial charge >= 0.3 is 0 Å². The highest BCUT2D eigenvalue weighted by Crippen LogP contribution is 2.39. The average molecular weight is 554 g/mol. The second-order valence-electron chi connectivity index (χ2n) is 11.6. The molecule has 5 aromatic rings. The van der Waals surface area contributed by atoms with Crippen molar-refractivity contribution in [3.63, 3.8) is 0 Å². The molecule has 1 saturated heterocycles. The Morgan fingerprint density at radius 1 is 0.951 bits per heavy atom. The van der Waals surface area contributed by atoms with Crippen LogP contribution in [0.1, 0.15) is 37.3 Å². The number of halogens is 1. The zero-order valence-corrected chi connectivity index (χ0v) is 23.6. The lowest BCUT2D eigenvalue weighted by Crippen LogP contribution is -2.49. The summed E-state index contributed by atoms with van der Waals surface area (Å²) in [6, 6.07) is 12.7. The van der Waals surface area contributed by atoms with Gasteiger partial charge in [-0.05, 0) is 69.0 Å². The number of hydrogen-bond acceptors (Lipinski definition) is 7. The first-order valence-electron chi connectivity index (χ1n) is 14.5. The van der Waals surface area contributed by atoms with E-state index in [9.17, 15) is 4.39 Å². The highest BCUT2D eigenvalue weighted by atomic mass is 19.1. The number of benzene rings is 2. The molecule has 2 fully saturated rings. The molecule has 0 spiro atoms. The van der Waals surface area contributed by atoms with E-state index in [2.05, 4.69) is 65.0 Å². The van der Waals surface area contributed by atoms with E-state index in [4.69, 9.17) is 5.73 Å². The lowest BCUT2D eigenvalue weighted by atomic mass is 9.89. The van der Waals surface area contributed by atoms with Crippen molar-refractivity contribution in [1.29, 1.82) is 0 Å². The van der Waals surface area contributed by atoms with Gasteiger partial charge in [-0.3, -0.25) is 4.90 Å². The van der Waals surface area contributed by atoms with Crippen LogP contribution >= 0.6 is 0 Å². The van der Waals surface area contributed by atoms with Gasteiger partial charge in [0.05, 0.1) is 10.9 Å². The second-order valence-corrected chi connectivity index (χ2v) is 11.6. The fraction of sp³-hybridized carbons (Fsp3) is 0.387. The van der Waals surface area contributed by atoms with Crippen molar-refractivity contribution in [3.05, 3.63) is 60.3 Å². The highest BCUT2D eigenvalue weighted by Gasteiger charge is 2.30. The van der Waals surface area contributed by atoms with Crippen molar-refractivity contribution in [2.75, 3.05) is 44.3 Å². The number of hydrogen-bond donors (Lipinski definition) is 3. The largest absolute Gasteiger partial charge is 0.383 e. The summed E-state index contributed by atoms with van der Waals surface area (Å²) in [5, 5.41) is 4.16. The molecule has 41 heavy (non-hydrogen) atoms. The van der Waals surface area contributed by atoms with Gasteiger partial charge in [0.25, 0.3) is 0 Å². The number of nitrogen functional groups attached to an aromatic ring is 1. The van der Waals surface area contributed by atoms with Crippen molar-refractivity contribution >= 4 is 39.5 Å². The normalized spacial score (nSPS) is 20.7. The van der Waals surface area contributed by atoms with Crippen molar-refractivity contribution in [2.24, 2.45) is 0 Å². The summed E-state index contributed by atoms with van der Waals surface area (Å²) in [4.78, 5) is 21.7. The molecular formula is C31H36FN9. The van der Waals surface area contributed by atoms with Crippen LogP contribution in [-0.2, 0) is 0 Å². The van der Waals surface area contributed by atoms with Crippen LogP contribution in [0.2, 0.25) is 0 Å². The fourth-order valence-corrected chi connectivity index (χ4v) is 6.57. The first kappa shape index (κ1) is 25.9. The van der Waals surface area contributed by atoms with E-state index in [0.29, 0.717) is 40.4 Å². The first-order chi connectivity index (χ1) is 19.9. The number of anilines is 3. The maximum atomic E-state index is 14.5.